The van der Waals surface area contributed by atoms with Gasteiger partial charge in [0.05, 0.1) is 25.1 Å². The Balaban J connectivity index is 1.49. The van der Waals surface area contributed by atoms with Gasteiger partial charge in [0, 0.05) is 28.1 Å². The first-order valence-corrected chi connectivity index (χ1v) is 19.0. The van der Waals surface area contributed by atoms with Crippen LogP contribution in [-0.4, -0.2) is 90.3 Å². The van der Waals surface area contributed by atoms with Crippen molar-refractivity contribution in [3.8, 4) is 11.6 Å². The number of carbonyl (C=O) groups excluding carboxylic acids is 4. The molecule has 18 heteroatoms. The highest BCUT2D eigenvalue weighted by molar-refractivity contribution is 7.91. The summed E-state index contributed by atoms with van der Waals surface area (Å²) in [6.45, 7) is 9.88. The van der Waals surface area contributed by atoms with Gasteiger partial charge in [0.15, 0.2) is 0 Å². The predicted octanol–water partition coefficient (Wildman–Crippen LogP) is 4.45. The Bertz CT molecular complexity index is 1940. The molecular formula is C35H44ClF2N5O9S. The molecule has 53 heavy (non-hydrogen) atoms. The van der Waals surface area contributed by atoms with Crippen molar-refractivity contribution in [3.05, 3.63) is 41.6 Å². The molecule has 1 aliphatic heterocycles. The Kier molecular flexibility index (Phi) is 11.0. The molecule has 0 unspecified atom stereocenters. The van der Waals surface area contributed by atoms with Crippen LogP contribution in [0.25, 0.3) is 10.8 Å². The lowest BCUT2D eigenvalue weighted by atomic mass is 9.85. The number of rotatable bonds is 11. The van der Waals surface area contributed by atoms with E-state index in [9.17, 15) is 36.4 Å². The molecule has 3 aliphatic rings. The topological polar surface area (TPSA) is 182 Å². The van der Waals surface area contributed by atoms with Crippen molar-refractivity contribution in [2.24, 2.45) is 11.3 Å². The van der Waals surface area contributed by atoms with Crippen molar-refractivity contribution < 1.29 is 50.6 Å². The van der Waals surface area contributed by atoms with Crippen LogP contribution < -0.4 is 24.8 Å². The number of halogens is 3. The van der Waals surface area contributed by atoms with E-state index in [2.05, 4.69) is 15.6 Å². The molecule has 2 heterocycles. The molecule has 0 radical (unpaired) electrons. The summed E-state index contributed by atoms with van der Waals surface area (Å²) in [6.07, 6.45) is -1.76. The third-order valence-corrected chi connectivity index (χ3v) is 11.2. The molecule has 1 aromatic carbocycles. The first-order valence-electron chi connectivity index (χ1n) is 17.0. The molecule has 1 saturated heterocycles. The maximum Gasteiger partial charge on any atom is 0.408 e. The molecule has 1 aromatic heterocycles. The van der Waals surface area contributed by atoms with Gasteiger partial charge in [-0.3, -0.25) is 19.1 Å². The van der Waals surface area contributed by atoms with Gasteiger partial charge in [-0.1, -0.05) is 32.4 Å². The van der Waals surface area contributed by atoms with Crippen LogP contribution >= 0.6 is 11.6 Å². The monoisotopic (exact) mass is 783 g/mol. The third kappa shape index (κ3) is 9.11. The minimum Gasteiger partial charge on any atom is -0.494 e. The Labute approximate surface area is 311 Å². The number of likely N-dealkylation sites (tertiary alicyclic amines) is 1. The van der Waals surface area contributed by atoms with E-state index in [0.29, 0.717) is 40.5 Å². The van der Waals surface area contributed by atoms with Gasteiger partial charge in [-0.25, -0.2) is 18.2 Å². The van der Waals surface area contributed by atoms with E-state index < -0.39 is 85.8 Å². The summed E-state index contributed by atoms with van der Waals surface area (Å²) in [6, 6.07) is 2.40. The number of ether oxygens (including phenoxy) is 3. The van der Waals surface area contributed by atoms with Gasteiger partial charge in [-0.15, -0.1) is 0 Å². The summed E-state index contributed by atoms with van der Waals surface area (Å²) in [7, 11) is -2.63. The lowest BCUT2D eigenvalue weighted by Gasteiger charge is -2.36. The van der Waals surface area contributed by atoms with Crippen molar-refractivity contribution in [1.82, 2.24) is 25.2 Å². The molecule has 5 rings (SSSR count). The molecule has 3 fully saturated rings. The molecule has 0 spiro atoms. The number of aromatic nitrogens is 1. The van der Waals surface area contributed by atoms with Crippen molar-refractivity contribution in [2.45, 2.75) is 102 Å². The summed E-state index contributed by atoms with van der Waals surface area (Å²) in [4.78, 5) is 60.6. The summed E-state index contributed by atoms with van der Waals surface area (Å²) >= 11 is 6.29. The Morgan fingerprint density at radius 1 is 1.09 bits per heavy atom. The van der Waals surface area contributed by atoms with E-state index >= 15 is 0 Å². The van der Waals surface area contributed by atoms with Gasteiger partial charge in [0.2, 0.25) is 27.7 Å². The van der Waals surface area contributed by atoms with Crippen LogP contribution in [0.2, 0.25) is 5.02 Å². The average molecular weight is 784 g/mol. The number of fused-ring (bicyclic) bond motifs is 1. The van der Waals surface area contributed by atoms with E-state index in [1.165, 1.54) is 18.2 Å². The molecule has 3 N–H and O–H groups in total. The minimum atomic E-state index is -4.10. The fraction of sp³-hybridized carbons (Fsp3) is 0.571. The molecule has 14 nitrogen and oxygen atoms in total. The fourth-order valence-electron chi connectivity index (χ4n) is 6.28. The summed E-state index contributed by atoms with van der Waals surface area (Å²) in [5.74, 6) is -3.43. The number of hydrogen-bond donors (Lipinski definition) is 3. The lowest BCUT2D eigenvalue weighted by Crippen LogP contribution is -2.60. The number of amides is 4. The molecule has 5 atom stereocenters. The highest BCUT2D eigenvalue weighted by atomic mass is 35.5. The smallest absolute Gasteiger partial charge is 0.408 e. The predicted molar refractivity (Wildman–Crippen MR) is 190 cm³/mol. The number of hydrogen-bond acceptors (Lipinski definition) is 10. The summed E-state index contributed by atoms with van der Waals surface area (Å²) < 4.78 is 71.3. The van der Waals surface area contributed by atoms with Crippen LogP contribution in [0.3, 0.4) is 0 Å². The number of alkyl carbamates (subject to hydrolysis) is 1. The van der Waals surface area contributed by atoms with E-state index in [-0.39, 0.29) is 25.3 Å². The molecule has 290 valence electrons. The van der Waals surface area contributed by atoms with E-state index in [1.54, 1.807) is 59.7 Å². The SMILES string of the molecule is COc1cnc(O[C@@H]2C[C@@H](C(=O)N[C@]3(C(=O)NS(=O)(=O)C4CC4)C[C@H]3C=C(F)F)N(C(=O)[C@@H](NC(=O)OC(C)(C)C)C(C)(C)C)C2)c2cc(Cl)ccc12. The Morgan fingerprint density at radius 3 is 2.36 bits per heavy atom. The highest BCUT2D eigenvalue weighted by Gasteiger charge is 2.63. The Hall–Kier alpha value is -4.25. The molecule has 2 aliphatic carbocycles. The number of benzene rings is 1. The average Bonchev–Trinajstić information content (AvgIpc) is 3.95. The number of carbonyl (C=O) groups is 4. The van der Waals surface area contributed by atoms with Crippen LogP contribution in [0.15, 0.2) is 36.6 Å². The number of sulfonamides is 1. The van der Waals surface area contributed by atoms with E-state index in [1.807, 2.05) is 4.72 Å². The number of nitrogens with one attached hydrogen (secondary N) is 3. The van der Waals surface area contributed by atoms with Crippen molar-refractivity contribution >= 4 is 56.2 Å². The first kappa shape index (κ1) is 39.9. The fourth-order valence-corrected chi connectivity index (χ4v) is 7.82. The van der Waals surface area contributed by atoms with Crippen LogP contribution in [0, 0.1) is 11.3 Å². The first-order chi connectivity index (χ1) is 24.5. The van der Waals surface area contributed by atoms with Crippen LogP contribution in [0.4, 0.5) is 13.6 Å². The van der Waals surface area contributed by atoms with Crippen LogP contribution in [0.1, 0.15) is 67.2 Å². The normalized spacial score (nSPS) is 23.4. The molecule has 4 amide bonds. The zero-order valence-electron chi connectivity index (χ0n) is 30.4. The van der Waals surface area contributed by atoms with Crippen molar-refractivity contribution in [3.63, 3.8) is 0 Å². The standard InChI is InChI=1S/C35H44ClF2N5O9S/c1-33(2,3)27(40-32(47)52-34(4,5)6)30(45)43-17-20(51-29-23-13-19(36)8-11-22(23)25(50-7)16-39-29)14-24(43)28(44)41-35(15-18(35)12-26(37)38)31(46)42-53(48,49)21-9-10-21/h8,11-13,16,18,20-21,24,27H,9-10,14-15,17H2,1-7H3,(H,40,47)(H,41,44)(H,42,46)/t18-,20-,24+,27-,35-/m1/s1. The van der Waals surface area contributed by atoms with Gasteiger partial charge in [0.1, 0.15) is 35.1 Å². The number of methoxy groups -OCH3 is 1. The van der Waals surface area contributed by atoms with Gasteiger partial charge < -0.3 is 29.7 Å². The third-order valence-electron chi connectivity index (χ3n) is 9.19. The van der Waals surface area contributed by atoms with Gasteiger partial charge in [-0.2, -0.15) is 8.78 Å². The molecule has 0 bridgehead atoms. The van der Waals surface area contributed by atoms with E-state index in [4.69, 9.17) is 25.8 Å². The van der Waals surface area contributed by atoms with Crippen molar-refractivity contribution in [1.29, 1.82) is 0 Å². The van der Waals surface area contributed by atoms with Crippen molar-refractivity contribution in [2.75, 3.05) is 13.7 Å². The maximum absolute atomic E-state index is 14.4. The van der Waals surface area contributed by atoms with Crippen LogP contribution in [-0.2, 0) is 29.1 Å². The number of pyridine rings is 1. The zero-order valence-corrected chi connectivity index (χ0v) is 32.0. The quantitative estimate of drug-likeness (QED) is 0.295. The highest BCUT2D eigenvalue weighted by Crippen LogP contribution is 2.47. The zero-order chi connectivity index (χ0) is 39.3. The second kappa shape index (κ2) is 14.5. The summed E-state index contributed by atoms with van der Waals surface area (Å²) in [5.41, 5.74) is -3.83. The second-order valence-electron chi connectivity index (χ2n) is 15.7. The minimum absolute atomic E-state index is 0.118. The molecular weight excluding hydrogens is 740 g/mol. The van der Waals surface area contributed by atoms with E-state index in [0.717, 1.165) is 0 Å². The number of nitrogens with zero attached hydrogens (tertiary/aromatic N) is 2. The molecule has 2 aromatic rings. The van der Waals surface area contributed by atoms with Gasteiger partial charge in [0.25, 0.3) is 12.0 Å². The largest absolute Gasteiger partial charge is 0.494 e. The summed E-state index contributed by atoms with van der Waals surface area (Å²) in [5, 5.41) is 5.82. The Morgan fingerprint density at radius 2 is 1.77 bits per heavy atom. The van der Waals surface area contributed by atoms with Gasteiger partial charge in [-0.05, 0) is 69.7 Å². The second-order valence-corrected chi connectivity index (χ2v) is 18.0. The van der Waals surface area contributed by atoms with Crippen LogP contribution in [0.5, 0.6) is 11.6 Å². The lowest BCUT2D eigenvalue weighted by molar-refractivity contribution is -0.143. The van der Waals surface area contributed by atoms with Gasteiger partial charge >= 0.3 is 6.09 Å². The maximum atomic E-state index is 14.4. The molecule has 2 saturated carbocycles.